The van der Waals surface area contributed by atoms with Crippen LogP contribution in [0.5, 0.6) is 5.75 Å². The Kier molecular flexibility index (Phi) is 7.61. The van der Waals surface area contributed by atoms with Gasteiger partial charge in [0, 0.05) is 30.5 Å². The second-order valence-electron chi connectivity index (χ2n) is 7.83. The van der Waals surface area contributed by atoms with Crippen LogP contribution in [0.2, 0.25) is 0 Å². The first-order valence-corrected chi connectivity index (χ1v) is 9.94. The summed E-state index contributed by atoms with van der Waals surface area (Å²) in [5.74, 6) is 0.971. The third kappa shape index (κ3) is 5.12. The highest BCUT2D eigenvalue weighted by Crippen LogP contribution is 2.25. The summed E-state index contributed by atoms with van der Waals surface area (Å²) in [6.45, 7) is 13.3. The molecule has 0 aliphatic carbocycles. The van der Waals surface area contributed by atoms with Crippen LogP contribution in [0.25, 0.3) is 10.9 Å². The second kappa shape index (κ2) is 9.71. The van der Waals surface area contributed by atoms with E-state index < -0.39 is 0 Å². The number of fused-ring (bicyclic) bond motifs is 1. The van der Waals surface area contributed by atoms with Gasteiger partial charge in [-0.2, -0.15) is 5.10 Å². The van der Waals surface area contributed by atoms with Gasteiger partial charge in [0.25, 0.3) is 0 Å². The summed E-state index contributed by atoms with van der Waals surface area (Å²) in [5.41, 5.74) is 1.14. The molecule has 153 valence electrons. The average molecular weight is 387 g/mol. The zero-order valence-electron chi connectivity index (χ0n) is 17.7. The molecule has 0 unspecified atom stereocenters. The molecule has 1 aromatic heterocycles. The van der Waals surface area contributed by atoms with Crippen molar-refractivity contribution in [3.05, 3.63) is 30.8 Å². The van der Waals surface area contributed by atoms with Crippen molar-refractivity contribution in [2.75, 3.05) is 20.2 Å². The zero-order valence-corrected chi connectivity index (χ0v) is 17.7. The van der Waals surface area contributed by atoms with Gasteiger partial charge in [-0.05, 0) is 30.9 Å². The Hall–Kier alpha value is -2.37. The number of amides is 1. The van der Waals surface area contributed by atoms with Crippen molar-refractivity contribution in [1.29, 1.82) is 0 Å². The molecule has 0 bridgehead atoms. The Morgan fingerprint density at radius 2 is 1.93 bits per heavy atom. The van der Waals surface area contributed by atoms with E-state index in [2.05, 4.69) is 25.9 Å². The average Bonchev–Trinajstić information content (AvgIpc) is 3.01. The highest BCUT2D eigenvalue weighted by Gasteiger charge is 2.22. The molecule has 2 aromatic rings. The molecule has 0 aliphatic heterocycles. The maximum absolute atomic E-state index is 12.9. The number of benzene rings is 1. The molecule has 1 aromatic carbocycles. The summed E-state index contributed by atoms with van der Waals surface area (Å²) in [6, 6.07) is 5.47. The zero-order chi connectivity index (χ0) is 20.8. The van der Waals surface area contributed by atoms with Crippen LogP contribution < -0.4 is 4.74 Å². The lowest BCUT2D eigenvalue weighted by Crippen LogP contribution is -2.36. The SMILES string of the molecule is [CH2]CCN(CCC(C)C)C(=O)Cn1nc(C(=O)C(C)C)c2ccc(OC)cc21. The fraction of sp³-hybridized carbons (Fsp3) is 0.545. The fourth-order valence-corrected chi connectivity index (χ4v) is 3.05. The monoisotopic (exact) mass is 386 g/mol. The minimum absolute atomic E-state index is 0.0138. The van der Waals surface area contributed by atoms with Crippen LogP contribution in [0.15, 0.2) is 18.2 Å². The number of aromatic nitrogens is 2. The first kappa shape index (κ1) is 21.9. The lowest BCUT2D eigenvalue weighted by atomic mass is 10.0. The number of nitrogens with zero attached hydrogens (tertiary/aromatic N) is 3. The normalized spacial score (nSPS) is 11.4. The fourth-order valence-electron chi connectivity index (χ4n) is 3.05. The van der Waals surface area contributed by atoms with Crippen LogP contribution >= 0.6 is 0 Å². The van der Waals surface area contributed by atoms with E-state index in [0.717, 1.165) is 17.3 Å². The molecule has 1 radical (unpaired) electrons. The van der Waals surface area contributed by atoms with Crippen molar-refractivity contribution in [2.24, 2.45) is 11.8 Å². The Bertz CT molecular complexity index is 824. The van der Waals surface area contributed by atoms with Gasteiger partial charge in [-0.25, -0.2) is 0 Å². The topological polar surface area (TPSA) is 64.4 Å². The van der Waals surface area contributed by atoms with Crippen LogP contribution in [0, 0.1) is 18.8 Å². The van der Waals surface area contributed by atoms with Gasteiger partial charge in [-0.3, -0.25) is 14.3 Å². The van der Waals surface area contributed by atoms with Gasteiger partial charge < -0.3 is 9.64 Å². The minimum Gasteiger partial charge on any atom is -0.497 e. The summed E-state index contributed by atoms with van der Waals surface area (Å²) < 4.78 is 6.95. The maximum atomic E-state index is 12.9. The quantitative estimate of drug-likeness (QED) is 0.579. The smallest absolute Gasteiger partial charge is 0.244 e. The largest absolute Gasteiger partial charge is 0.497 e. The minimum atomic E-state index is -0.168. The summed E-state index contributed by atoms with van der Waals surface area (Å²) in [7, 11) is 1.59. The molecular formula is C22H32N3O3. The number of Topliss-reactive ketones (excluding diaryl/α,β-unsaturated/α-hetero) is 1. The second-order valence-corrected chi connectivity index (χ2v) is 7.83. The van der Waals surface area contributed by atoms with E-state index in [1.165, 1.54) is 0 Å². The molecule has 0 saturated carbocycles. The van der Waals surface area contributed by atoms with Crippen LogP contribution in [0.1, 0.15) is 51.0 Å². The van der Waals surface area contributed by atoms with Crippen molar-refractivity contribution in [3.8, 4) is 5.75 Å². The third-order valence-electron chi connectivity index (χ3n) is 4.76. The van der Waals surface area contributed by atoms with E-state index in [0.29, 0.717) is 36.9 Å². The Balaban J connectivity index is 2.38. The van der Waals surface area contributed by atoms with Crippen LogP contribution in [0.3, 0.4) is 0 Å². The highest BCUT2D eigenvalue weighted by atomic mass is 16.5. The molecule has 0 spiro atoms. The number of hydrogen-bond donors (Lipinski definition) is 0. The first-order valence-electron chi connectivity index (χ1n) is 9.94. The Labute approximate surface area is 167 Å². The number of ketones is 1. The van der Waals surface area contributed by atoms with Gasteiger partial charge >= 0.3 is 0 Å². The summed E-state index contributed by atoms with van der Waals surface area (Å²) in [4.78, 5) is 27.4. The van der Waals surface area contributed by atoms with Crippen molar-refractivity contribution in [2.45, 2.75) is 47.1 Å². The molecule has 1 amide bonds. The van der Waals surface area contributed by atoms with Crippen molar-refractivity contribution in [1.82, 2.24) is 14.7 Å². The molecule has 0 atom stereocenters. The summed E-state index contributed by atoms with van der Waals surface area (Å²) >= 11 is 0. The predicted molar refractivity (Wildman–Crippen MR) is 111 cm³/mol. The Morgan fingerprint density at radius 3 is 2.50 bits per heavy atom. The van der Waals surface area contributed by atoms with Gasteiger partial charge in [-0.15, -0.1) is 0 Å². The number of carbonyl (C=O) groups is 2. The molecule has 0 N–H and O–H groups in total. The summed E-state index contributed by atoms with van der Waals surface area (Å²) in [5, 5.41) is 5.26. The van der Waals surface area contributed by atoms with E-state index in [1.807, 2.05) is 36.9 Å². The highest BCUT2D eigenvalue weighted by molar-refractivity contribution is 6.07. The van der Waals surface area contributed by atoms with Crippen LogP contribution in [0.4, 0.5) is 0 Å². The number of ether oxygens (including phenoxy) is 1. The number of methoxy groups -OCH3 is 1. The maximum Gasteiger partial charge on any atom is 0.244 e. The van der Waals surface area contributed by atoms with Gasteiger partial charge in [0.1, 0.15) is 18.0 Å². The molecule has 2 rings (SSSR count). The van der Waals surface area contributed by atoms with E-state index in [9.17, 15) is 9.59 Å². The number of carbonyl (C=O) groups excluding carboxylic acids is 2. The molecule has 1 heterocycles. The van der Waals surface area contributed by atoms with E-state index in [4.69, 9.17) is 4.74 Å². The van der Waals surface area contributed by atoms with Crippen LogP contribution in [-0.2, 0) is 11.3 Å². The first-order chi connectivity index (χ1) is 13.3. The van der Waals surface area contributed by atoms with Gasteiger partial charge in [0.2, 0.25) is 5.91 Å². The van der Waals surface area contributed by atoms with E-state index in [-0.39, 0.29) is 24.2 Å². The van der Waals surface area contributed by atoms with Crippen molar-refractivity contribution >= 4 is 22.6 Å². The lowest BCUT2D eigenvalue weighted by molar-refractivity contribution is -0.132. The number of hydrogen-bond acceptors (Lipinski definition) is 4. The van der Waals surface area contributed by atoms with Crippen molar-refractivity contribution < 1.29 is 14.3 Å². The molecule has 6 heteroatoms. The molecule has 0 fully saturated rings. The van der Waals surface area contributed by atoms with Crippen molar-refractivity contribution in [3.63, 3.8) is 0 Å². The lowest BCUT2D eigenvalue weighted by Gasteiger charge is -2.23. The van der Waals surface area contributed by atoms with Crippen LogP contribution in [-0.4, -0.2) is 46.6 Å². The molecule has 0 aliphatic rings. The van der Waals surface area contributed by atoms with Gasteiger partial charge in [0.15, 0.2) is 5.78 Å². The molecule has 28 heavy (non-hydrogen) atoms. The molecule has 0 saturated heterocycles. The number of rotatable bonds is 10. The molecular weight excluding hydrogens is 354 g/mol. The predicted octanol–water partition coefficient (Wildman–Crippen LogP) is 3.98. The standard InChI is InChI=1S/C22H32N3O3/c1-7-11-24(12-10-15(2)3)20(26)14-25-19-13-17(28-6)8-9-18(19)21(23-25)22(27)16(4)5/h8-9,13,15-16H,1,7,10-12,14H2,2-6H3. The Morgan fingerprint density at radius 1 is 1.21 bits per heavy atom. The van der Waals surface area contributed by atoms with Gasteiger partial charge in [-0.1, -0.05) is 34.6 Å². The van der Waals surface area contributed by atoms with Gasteiger partial charge in [0.05, 0.1) is 12.6 Å². The molecule has 6 nitrogen and oxygen atoms in total. The summed E-state index contributed by atoms with van der Waals surface area (Å²) in [6.07, 6.45) is 1.60. The van der Waals surface area contributed by atoms with E-state index >= 15 is 0 Å². The van der Waals surface area contributed by atoms with E-state index in [1.54, 1.807) is 11.8 Å². The third-order valence-corrected chi connectivity index (χ3v) is 4.76.